The van der Waals surface area contributed by atoms with E-state index in [4.69, 9.17) is 21.1 Å². The number of aromatic nitrogens is 3. The molecule has 1 heterocycles. The zero-order chi connectivity index (χ0) is 27.1. The van der Waals surface area contributed by atoms with Crippen LogP contribution in [0.15, 0.2) is 77.0 Å². The summed E-state index contributed by atoms with van der Waals surface area (Å²) in [5.41, 5.74) is 4.17. The molecule has 4 aromatic rings. The maximum atomic E-state index is 12.5. The summed E-state index contributed by atoms with van der Waals surface area (Å²) >= 11 is 7.00. The van der Waals surface area contributed by atoms with Gasteiger partial charge in [-0.3, -0.25) is 19.5 Å². The van der Waals surface area contributed by atoms with E-state index >= 15 is 0 Å². The second-order valence-corrected chi connectivity index (χ2v) is 8.97. The van der Waals surface area contributed by atoms with E-state index in [1.165, 1.54) is 30.1 Å². The van der Waals surface area contributed by atoms with E-state index in [1.807, 2.05) is 53.1 Å². The molecule has 0 radical (unpaired) electrons. The van der Waals surface area contributed by atoms with Crippen molar-refractivity contribution in [3.8, 4) is 28.6 Å². The molecule has 0 unspecified atom stereocenters. The molecule has 0 aliphatic heterocycles. The lowest BCUT2D eigenvalue weighted by Crippen LogP contribution is -2.20. The minimum Gasteiger partial charge on any atom is -0.497 e. The van der Waals surface area contributed by atoms with Crippen molar-refractivity contribution in [3.63, 3.8) is 0 Å². The van der Waals surface area contributed by atoms with E-state index in [-0.39, 0.29) is 16.5 Å². The molecule has 0 spiro atoms. The highest BCUT2D eigenvalue weighted by Crippen LogP contribution is 2.30. The molecule has 0 bridgehead atoms. The SMILES string of the molecule is COc1ccc(-c2nnc(SCC(=O)NN=Cc3ccc(Cl)c([N+](=O)[O-])c3)n2-c2ccc(OC)cc2)cc1. The Hall–Kier alpha value is -4.42. The highest BCUT2D eigenvalue weighted by Gasteiger charge is 2.18. The lowest BCUT2D eigenvalue weighted by molar-refractivity contribution is -0.384. The second kappa shape index (κ2) is 12.2. The van der Waals surface area contributed by atoms with Crippen LogP contribution in [0, 0.1) is 10.1 Å². The number of hydrazone groups is 1. The topological polar surface area (TPSA) is 134 Å². The molecule has 11 nitrogen and oxygen atoms in total. The van der Waals surface area contributed by atoms with Gasteiger partial charge in [-0.25, -0.2) is 5.43 Å². The van der Waals surface area contributed by atoms with Gasteiger partial charge in [0.15, 0.2) is 11.0 Å². The minimum absolute atomic E-state index is 0.00495. The molecule has 0 aliphatic rings. The number of nitro groups is 1. The van der Waals surface area contributed by atoms with E-state index < -0.39 is 10.8 Å². The number of carbonyl (C=O) groups is 1. The van der Waals surface area contributed by atoms with E-state index in [0.29, 0.717) is 28.0 Å². The number of halogens is 1. The third kappa shape index (κ3) is 6.28. The molecular weight excluding hydrogens is 532 g/mol. The predicted molar refractivity (Wildman–Crippen MR) is 144 cm³/mol. The number of nitro benzene ring substituents is 1. The summed E-state index contributed by atoms with van der Waals surface area (Å²) in [6, 6.07) is 19.0. The fourth-order valence-electron chi connectivity index (χ4n) is 3.35. The highest BCUT2D eigenvalue weighted by atomic mass is 35.5. The van der Waals surface area contributed by atoms with Gasteiger partial charge in [0.2, 0.25) is 0 Å². The molecule has 4 rings (SSSR count). The van der Waals surface area contributed by atoms with Crippen LogP contribution in [-0.4, -0.2) is 51.8 Å². The van der Waals surface area contributed by atoms with Gasteiger partial charge in [-0.05, 0) is 54.6 Å². The van der Waals surface area contributed by atoms with Gasteiger partial charge in [-0.2, -0.15) is 5.10 Å². The third-order valence-electron chi connectivity index (χ3n) is 5.21. The zero-order valence-corrected chi connectivity index (χ0v) is 21.8. The Bertz CT molecular complexity index is 1470. The number of benzene rings is 3. The molecule has 1 N–H and O–H groups in total. The molecule has 13 heteroatoms. The first-order valence-corrected chi connectivity index (χ1v) is 12.4. The minimum atomic E-state index is -0.589. The molecule has 3 aromatic carbocycles. The predicted octanol–water partition coefficient (Wildman–Crippen LogP) is 4.76. The molecule has 1 amide bonds. The Morgan fingerprint density at radius 1 is 1.08 bits per heavy atom. The van der Waals surface area contributed by atoms with Crippen molar-refractivity contribution in [2.24, 2.45) is 5.10 Å². The molecule has 194 valence electrons. The Kier molecular flexibility index (Phi) is 8.56. The Balaban J connectivity index is 1.51. The van der Waals surface area contributed by atoms with Crippen LogP contribution in [0.2, 0.25) is 5.02 Å². The summed E-state index contributed by atoms with van der Waals surface area (Å²) in [5, 5.41) is 24.1. The van der Waals surface area contributed by atoms with Crippen LogP contribution < -0.4 is 14.9 Å². The average Bonchev–Trinajstić information content (AvgIpc) is 3.36. The number of methoxy groups -OCH3 is 2. The number of nitrogens with zero attached hydrogens (tertiary/aromatic N) is 5. The van der Waals surface area contributed by atoms with Crippen molar-refractivity contribution < 1.29 is 19.2 Å². The monoisotopic (exact) mass is 552 g/mol. The molecule has 1 aromatic heterocycles. The van der Waals surface area contributed by atoms with Gasteiger partial charge in [-0.15, -0.1) is 10.2 Å². The molecule has 38 heavy (non-hydrogen) atoms. The van der Waals surface area contributed by atoms with Gasteiger partial charge in [-0.1, -0.05) is 29.4 Å². The van der Waals surface area contributed by atoms with Crippen molar-refractivity contribution in [3.05, 3.63) is 87.4 Å². The number of hydrogen-bond donors (Lipinski definition) is 1. The van der Waals surface area contributed by atoms with Crippen molar-refractivity contribution >= 4 is 41.2 Å². The normalized spacial score (nSPS) is 10.9. The van der Waals surface area contributed by atoms with Crippen molar-refractivity contribution in [1.29, 1.82) is 0 Å². The van der Waals surface area contributed by atoms with Crippen LogP contribution >= 0.6 is 23.4 Å². The fourth-order valence-corrected chi connectivity index (χ4v) is 4.28. The third-order valence-corrected chi connectivity index (χ3v) is 6.46. The van der Waals surface area contributed by atoms with Crippen molar-refractivity contribution in [2.75, 3.05) is 20.0 Å². The smallest absolute Gasteiger partial charge is 0.288 e. The van der Waals surface area contributed by atoms with Crippen LogP contribution in [0.3, 0.4) is 0 Å². The lowest BCUT2D eigenvalue weighted by atomic mass is 10.2. The van der Waals surface area contributed by atoms with E-state index in [9.17, 15) is 14.9 Å². The first kappa shape index (κ1) is 26.6. The van der Waals surface area contributed by atoms with E-state index in [2.05, 4.69) is 20.7 Å². The Morgan fingerprint density at radius 2 is 1.74 bits per heavy atom. The summed E-state index contributed by atoms with van der Waals surface area (Å²) in [6.07, 6.45) is 1.30. The first-order valence-electron chi connectivity index (χ1n) is 11.0. The lowest BCUT2D eigenvalue weighted by Gasteiger charge is -2.11. The standard InChI is InChI=1S/C25H21ClN6O5S/c1-36-19-8-4-17(5-9-19)24-29-30-25(31(24)18-6-10-20(37-2)11-7-18)38-15-23(33)28-27-14-16-3-12-21(26)22(13-16)32(34)35/h3-14H,15H2,1-2H3,(H,28,33). The number of ether oxygens (including phenoxy) is 2. The maximum Gasteiger partial charge on any atom is 0.288 e. The summed E-state index contributed by atoms with van der Waals surface area (Å²) in [4.78, 5) is 22.9. The summed E-state index contributed by atoms with van der Waals surface area (Å²) < 4.78 is 12.4. The maximum absolute atomic E-state index is 12.5. The Labute approximate surface area is 226 Å². The summed E-state index contributed by atoms with van der Waals surface area (Å²) in [5.74, 6) is 1.59. The van der Waals surface area contributed by atoms with Crippen LogP contribution in [0.1, 0.15) is 5.56 Å². The quantitative estimate of drug-likeness (QED) is 0.129. The van der Waals surface area contributed by atoms with Crippen LogP contribution in [0.5, 0.6) is 11.5 Å². The van der Waals surface area contributed by atoms with Gasteiger partial charge < -0.3 is 9.47 Å². The summed E-state index contributed by atoms with van der Waals surface area (Å²) in [7, 11) is 3.19. The first-order chi connectivity index (χ1) is 18.4. The largest absolute Gasteiger partial charge is 0.497 e. The fraction of sp³-hybridized carbons (Fsp3) is 0.120. The molecule has 0 fully saturated rings. The van der Waals surface area contributed by atoms with Gasteiger partial charge >= 0.3 is 0 Å². The number of rotatable bonds is 10. The van der Waals surface area contributed by atoms with Crippen LogP contribution in [-0.2, 0) is 4.79 Å². The summed E-state index contributed by atoms with van der Waals surface area (Å²) in [6.45, 7) is 0. The number of nitrogens with one attached hydrogen (secondary N) is 1. The number of hydrogen-bond acceptors (Lipinski definition) is 9. The zero-order valence-electron chi connectivity index (χ0n) is 20.2. The van der Waals surface area contributed by atoms with Crippen LogP contribution in [0.25, 0.3) is 17.1 Å². The molecule has 0 aliphatic carbocycles. The Morgan fingerprint density at radius 3 is 2.37 bits per heavy atom. The second-order valence-electron chi connectivity index (χ2n) is 7.62. The number of amides is 1. The number of carbonyl (C=O) groups excluding carboxylic acids is 1. The van der Waals surface area contributed by atoms with Crippen LogP contribution in [0.4, 0.5) is 5.69 Å². The van der Waals surface area contributed by atoms with Crippen molar-refractivity contribution in [1.82, 2.24) is 20.2 Å². The highest BCUT2D eigenvalue weighted by molar-refractivity contribution is 7.99. The molecule has 0 saturated carbocycles. The van der Waals surface area contributed by atoms with E-state index in [1.54, 1.807) is 20.3 Å². The van der Waals surface area contributed by atoms with Gasteiger partial charge in [0, 0.05) is 22.9 Å². The van der Waals surface area contributed by atoms with Gasteiger partial charge in [0.25, 0.3) is 11.6 Å². The molecule has 0 saturated heterocycles. The van der Waals surface area contributed by atoms with Gasteiger partial charge in [0.1, 0.15) is 16.5 Å². The van der Waals surface area contributed by atoms with Crippen molar-refractivity contribution in [2.45, 2.75) is 5.16 Å². The van der Waals surface area contributed by atoms with E-state index in [0.717, 1.165) is 11.3 Å². The number of thioether (sulfide) groups is 1. The van der Waals surface area contributed by atoms with Gasteiger partial charge in [0.05, 0.1) is 31.1 Å². The molecular formula is C25H21ClN6O5S. The molecule has 0 atom stereocenters. The average molecular weight is 553 g/mol.